The monoisotopic (exact) mass is 365 g/mol. The molecular formula is C17H21Cl2N5. The number of halogens is 2. The maximum Gasteiger partial charge on any atom is 0.150 e. The van der Waals surface area contributed by atoms with Gasteiger partial charge in [0.05, 0.1) is 21.9 Å². The first-order valence-electron chi connectivity index (χ1n) is 7.93. The number of nitrogen functional groups attached to an aromatic ring is 1. The van der Waals surface area contributed by atoms with Gasteiger partial charge in [-0.3, -0.25) is 9.88 Å². The summed E-state index contributed by atoms with van der Waals surface area (Å²) in [5, 5.41) is 0.906. The normalized spacial score (nSPS) is 17.8. The molecule has 0 atom stereocenters. The molecule has 0 saturated carbocycles. The van der Waals surface area contributed by atoms with Crippen molar-refractivity contribution in [2.75, 3.05) is 18.8 Å². The van der Waals surface area contributed by atoms with E-state index in [-0.39, 0.29) is 5.54 Å². The van der Waals surface area contributed by atoms with Crippen molar-refractivity contribution in [2.45, 2.75) is 31.8 Å². The van der Waals surface area contributed by atoms with Crippen molar-refractivity contribution < 1.29 is 0 Å². The zero-order chi connectivity index (χ0) is 17.3. The van der Waals surface area contributed by atoms with Crippen LogP contribution in [-0.4, -0.2) is 33.5 Å². The maximum absolute atomic E-state index is 6.25. The van der Waals surface area contributed by atoms with Gasteiger partial charge in [0.25, 0.3) is 0 Å². The highest BCUT2D eigenvalue weighted by molar-refractivity contribution is 6.43. The number of hydrogen-bond acceptors (Lipinski definition) is 5. The fourth-order valence-electron chi connectivity index (χ4n) is 2.86. The molecule has 1 aromatic carbocycles. The van der Waals surface area contributed by atoms with Crippen LogP contribution in [-0.2, 0) is 6.54 Å². The van der Waals surface area contributed by atoms with Crippen LogP contribution >= 0.6 is 23.2 Å². The van der Waals surface area contributed by atoms with Crippen molar-refractivity contribution in [3.63, 3.8) is 0 Å². The molecule has 1 aromatic heterocycles. The molecule has 4 N–H and O–H groups in total. The van der Waals surface area contributed by atoms with Gasteiger partial charge in [0.2, 0.25) is 0 Å². The summed E-state index contributed by atoms with van der Waals surface area (Å²) in [5.74, 6) is 0.359. The molecule has 5 nitrogen and oxygen atoms in total. The molecule has 1 aliphatic heterocycles. The Hall–Kier alpha value is -1.40. The molecule has 7 heteroatoms. The molecule has 0 spiro atoms. The minimum atomic E-state index is -0.0611. The number of hydrogen-bond donors (Lipinski definition) is 2. The Morgan fingerprint density at radius 3 is 2.62 bits per heavy atom. The topological polar surface area (TPSA) is 81.1 Å². The maximum atomic E-state index is 6.25. The molecule has 1 saturated heterocycles. The Morgan fingerprint density at radius 2 is 1.96 bits per heavy atom. The van der Waals surface area contributed by atoms with E-state index in [1.165, 1.54) is 0 Å². The molecule has 0 aliphatic carbocycles. The number of piperidine rings is 1. The third-order valence-corrected chi connectivity index (χ3v) is 5.26. The van der Waals surface area contributed by atoms with Gasteiger partial charge in [-0.25, -0.2) is 4.98 Å². The summed E-state index contributed by atoms with van der Waals surface area (Å²) in [4.78, 5) is 11.3. The lowest BCUT2D eigenvalue weighted by Gasteiger charge is -2.36. The molecule has 2 aromatic rings. The zero-order valence-electron chi connectivity index (χ0n) is 13.6. The second kappa shape index (κ2) is 6.84. The standard InChI is InChI=1S/C17H21Cl2N5/c1-17(21)5-7-24(8-6-17)10-11-9-22-15(16(20)23-11)12-3-2-4-13(18)14(12)19/h2-4,9H,5-8,10,21H2,1H3,(H2,20,23). The molecule has 3 rings (SSSR count). The van der Waals surface area contributed by atoms with Crippen LogP contribution in [0.4, 0.5) is 5.82 Å². The number of nitrogens with two attached hydrogens (primary N) is 2. The highest BCUT2D eigenvalue weighted by Crippen LogP contribution is 2.34. The molecule has 1 aliphatic rings. The van der Waals surface area contributed by atoms with Gasteiger partial charge in [-0.1, -0.05) is 35.3 Å². The molecule has 0 bridgehead atoms. The third kappa shape index (κ3) is 3.81. The Labute approximate surface area is 152 Å². The van der Waals surface area contributed by atoms with E-state index >= 15 is 0 Å². The van der Waals surface area contributed by atoms with Gasteiger partial charge in [-0.05, 0) is 25.8 Å². The third-order valence-electron chi connectivity index (χ3n) is 4.44. The van der Waals surface area contributed by atoms with E-state index in [0.29, 0.717) is 27.1 Å². The predicted octanol–water partition coefficient (Wildman–Crippen LogP) is 3.35. The van der Waals surface area contributed by atoms with E-state index in [9.17, 15) is 0 Å². The molecule has 24 heavy (non-hydrogen) atoms. The lowest BCUT2D eigenvalue weighted by Crippen LogP contribution is -2.47. The summed E-state index contributed by atoms with van der Waals surface area (Å²) in [6.45, 7) is 4.73. The van der Waals surface area contributed by atoms with Crippen molar-refractivity contribution in [1.29, 1.82) is 0 Å². The number of likely N-dealkylation sites (tertiary alicyclic amines) is 1. The predicted molar refractivity (Wildman–Crippen MR) is 99.0 cm³/mol. The molecule has 0 radical (unpaired) electrons. The summed E-state index contributed by atoms with van der Waals surface area (Å²) in [6, 6.07) is 5.38. The van der Waals surface area contributed by atoms with Crippen molar-refractivity contribution >= 4 is 29.0 Å². The van der Waals surface area contributed by atoms with Crippen molar-refractivity contribution in [2.24, 2.45) is 5.73 Å². The summed E-state index contributed by atoms with van der Waals surface area (Å²) < 4.78 is 0. The Bertz CT molecular complexity index is 738. The van der Waals surface area contributed by atoms with Crippen LogP contribution in [0.5, 0.6) is 0 Å². The first kappa shape index (κ1) is 17.4. The average molecular weight is 366 g/mol. The van der Waals surface area contributed by atoms with Gasteiger partial charge < -0.3 is 11.5 Å². The van der Waals surface area contributed by atoms with Gasteiger partial charge in [0, 0.05) is 30.7 Å². The molecule has 2 heterocycles. The van der Waals surface area contributed by atoms with Gasteiger partial charge in [-0.2, -0.15) is 0 Å². The highest BCUT2D eigenvalue weighted by Gasteiger charge is 2.26. The van der Waals surface area contributed by atoms with Gasteiger partial charge in [-0.15, -0.1) is 0 Å². The molecule has 1 fully saturated rings. The summed E-state index contributed by atoms with van der Waals surface area (Å²) in [6.07, 6.45) is 3.71. The zero-order valence-corrected chi connectivity index (χ0v) is 15.1. The fraction of sp³-hybridized carbons (Fsp3) is 0.412. The average Bonchev–Trinajstić information content (AvgIpc) is 2.53. The Balaban J connectivity index is 1.77. The molecule has 128 valence electrons. The van der Waals surface area contributed by atoms with Crippen LogP contribution in [0, 0.1) is 0 Å². The van der Waals surface area contributed by atoms with E-state index in [0.717, 1.165) is 38.2 Å². The van der Waals surface area contributed by atoms with E-state index in [1.807, 2.05) is 12.1 Å². The fourth-order valence-corrected chi connectivity index (χ4v) is 3.25. The number of benzene rings is 1. The Morgan fingerprint density at radius 1 is 1.25 bits per heavy atom. The lowest BCUT2D eigenvalue weighted by atomic mass is 9.91. The molecular weight excluding hydrogens is 345 g/mol. The van der Waals surface area contributed by atoms with Gasteiger partial charge >= 0.3 is 0 Å². The smallest absolute Gasteiger partial charge is 0.150 e. The SMILES string of the molecule is CC1(N)CCN(Cc2cnc(-c3cccc(Cl)c3Cl)c(N)n2)CC1. The quantitative estimate of drug-likeness (QED) is 0.871. The van der Waals surface area contributed by atoms with E-state index in [4.69, 9.17) is 34.7 Å². The van der Waals surface area contributed by atoms with Crippen LogP contribution in [0.15, 0.2) is 24.4 Å². The van der Waals surface area contributed by atoms with Crippen LogP contribution in [0.1, 0.15) is 25.5 Å². The Kier molecular flexibility index (Phi) is 4.97. The van der Waals surface area contributed by atoms with E-state index < -0.39 is 0 Å². The molecule has 0 unspecified atom stereocenters. The largest absolute Gasteiger partial charge is 0.382 e. The minimum absolute atomic E-state index is 0.0611. The number of anilines is 1. The van der Waals surface area contributed by atoms with Crippen molar-refractivity contribution in [3.8, 4) is 11.3 Å². The summed E-state index contributed by atoms with van der Waals surface area (Å²) in [5.41, 5.74) is 14.3. The number of aromatic nitrogens is 2. The lowest BCUT2D eigenvalue weighted by molar-refractivity contribution is 0.163. The van der Waals surface area contributed by atoms with Gasteiger partial charge in [0.1, 0.15) is 11.5 Å². The molecule has 0 amide bonds. The van der Waals surface area contributed by atoms with Crippen LogP contribution in [0.25, 0.3) is 11.3 Å². The van der Waals surface area contributed by atoms with Crippen LogP contribution < -0.4 is 11.5 Å². The number of nitrogens with zero attached hydrogens (tertiary/aromatic N) is 3. The van der Waals surface area contributed by atoms with Gasteiger partial charge in [0.15, 0.2) is 0 Å². The second-order valence-corrected chi connectivity index (χ2v) is 7.41. The van der Waals surface area contributed by atoms with E-state index in [1.54, 1.807) is 12.3 Å². The van der Waals surface area contributed by atoms with Crippen LogP contribution in [0.2, 0.25) is 10.0 Å². The number of rotatable bonds is 3. The highest BCUT2D eigenvalue weighted by atomic mass is 35.5. The first-order valence-corrected chi connectivity index (χ1v) is 8.68. The summed E-state index contributed by atoms with van der Waals surface area (Å²) >= 11 is 12.3. The van der Waals surface area contributed by atoms with Crippen LogP contribution in [0.3, 0.4) is 0 Å². The second-order valence-electron chi connectivity index (χ2n) is 6.63. The minimum Gasteiger partial charge on any atom is -0.382 e. The van der Waals surface area contributed by atoms with E-state index in [2.05, 4.69) is 21.8 Å². The van der Waals surface area contributed by atoms with Crippen molar-refractivity contribution in [3.05, 3.63) is 40.1 Å². The van der Waals surface area contributed by atoms with Crippen molar-refractivity contribution in [1.82, 2.24) is 14.9 Å². The summed E-state index contributed by atoms with van der Waals surface area (Å²) in [7, 11) is 0. The first-order chi connectivity index (χ1) is 11.4.